The van der Waals surface area contributed by atoms with Gasteiger partial charge in [-0.25, -0.2) is 0 Å². The van der Waals surface area contributed by atoms with Crippen molar-refractivity contribution in [3.8, 4) is 17.1 Å². The van der Waals surface area contributed by atoms with Gasteiger partial charge >= 0.3 is 0 Å². The van der Waals surface area contributed by atoms with Gasteiger partial charge in [-0.15, -0.1) is 10.2 Å². The highest BCUT2D eigenvalue weighted by molar-refractivity contribution is 7.99. The number of nitrogens with one attached hydrogen (secondary N) is 1. The predicted molar refractivity (Wildman–Crippen MR) is 112 cm³/mol. The number of ether oxygens (including phenoxy) is 1. The maximum Gasteiger partial charge on any atom is 0.230 e. The number of aryl methyl sites for hydroxylation is 1. The number of pyridine rings is 1. The molecular weight excluding hydrogens is 386 g/mol. The van der Waals surface area contributed by atoms with E-state index in [0.717, 1.165) is 30.7 Å². The minimum absolute atomic E-state index is 0.0353. The Morgan fingerprint density at radius 1 is 1.28 bits per heavy atom. The Kier molecular flexibility index (Phi) is 6.21. The van der Waals surface area contributed by atoms with Crippen LogP contribution >= 0.6 is 11.8 Å². The van der Waals surface area contributed by atoms with Crippen molar-refractivity contribution >= 4 is 17.7 Å². The van der Waals surface area contributed by atoms with E-state index in [1.807, 2.05) is 47.9 Å². The molecule has 0 unspecified atom stereocenters. The molecule has 29 heavy (non-hydrogen) atoms. The number of hydrogen-bond acceptors (Lipinski definition) is 6. The molecule has 1 amide bonds. The van der Waals surface area contributed by atoms with Crippen molar-refractivity contribution in [1.82, 2.24) is 25.1 Å². The van der Waals surface area contributed by atoms with Gasteiger partial charge in [0.1, 0.15) is 0 Å². The van der Waals surface area contributed by atoms with Crippen LogP contribution in [0.3, 0.4) is 0 Å². The summed E-state index contributed by atoms with van der Waals surface area (Å²) in [6, 6.07) is 12.0. The number of amides is 1. The molecule has 2 aromatic heterocycles. The van der Waals surface area contributed by atoms with E-state index < -0.39 is 0 Å². The third-order valence-electron chi connectivity index (χ3n) is 4.73. The largest absolute Gasteiger partial charge is 0.376 e. The third kappa shape index (κ3) is 4.83. The fraction of sp³-hybridized carbons (Fsp3) is 0.333. The van der Waals surface area contributed by atoms with E-state index in [1.165, 1.54) is 17.3 Å². The molecule has 1 saturated heterocycles. The van der Waals surface area contributed by atoms with Crippen molar-refractivity contribution in [2.45, 2.75) is 31.0 Å². The molecule has 1 aliphatic rings. The number of hydrogen-bond donors (Lipinski definition) is 1. The highest BCUT2D eigenvalue weighted by atomic mass is 32.2. The van der Waals surface area contributed by atoms with Crippen LogP contribution in [0.5, 0.6) is 0 Å². The second kappa shape index (κ2) is 9.19. The summed E-state index contributed by atoms with van der Waals surface area (Å²) >= 11 is 1.37. The molecule has 1 atom stereocenters. The van der Waals surface area contributed by atoms with Crippen LogP contribution in [-0.4, -0.2) is 50.7 Å². The molecule has 0 bridgehead atoms. The summed E-state index contributed by atoms with van der Waals surface area (Å²) in [4.78, 5) is 16.5. The van der Waals surface area contributed by atoms with E-state index in [9.17, 15) is 4.79 Å². The van der Waals surface area contributed by atoms with Gasteiger partial charge in [0, 0.05) is 36.8 Å². The Morgan fingerprint density at radius 2 is 2.14 bits per heavy atom. The zero-order chi connectivity index (χ0) is 20.1. The quantitative estimate of drug-likeness (QED) is 0.604. The van der Waals surface area contributed by atoms with Gasteiger partial charge in [-0.05, 0) is 44.0 Å². The summed E-state index contributed by atoms with van der Waals surface area (Å²) in [5.74, 6) is 0.931. The van der Waals surface area contributed by atoms with Crippen molar-refractivity contribution in [3.63, 3.8) is 0 Å². The molecular formula is C21H23N5O2S. The Morgan fingerprint density at radius 3 is 2.86 bits per heavy atom. The molecule has 0 radical (unpaired) electrons. The molecule has 1 fully saturated rings. The Hall–Kier alpha value is -2.71. The lowest BCUT2D eigenvalue weighted by atomic mass is 10.2. The summed E-state index contributed by atoms with van der Waals surface area (Å²) < 4.78 is 7.52. The van der Waals surface area contributed by atoms with Gasteiger partial charge < -0.3 is 10.1 Å². The van der Waals surface area contributed by atoms with Crippen molar-refractivity contribution < 1.29 is 9.53 Å². The Balaban J connectivity index is 1.52. The number of carbonyl (C=O) groups is 1. The molecule has 1 aliphatic heterocycles. The summed E-state index contributed by atoms with van der Waals surface area (Å²) in [7, 11) is 0. The van der Waals surface area contributed by atoms with E-state index >= 15 is 0 Å². The summed E-state index contributed by atoms with van der Waals surface area (Å²) in [5.41, 5.74) is 2.99. The van der Waals surface area contributed by atoms with E-state index in [0.29, 0.717) is 17.5 Å². The Labute approximate surface area is 173 Å². The van der Waals surface area contributed by atoms with Crippen LogP contribution in [0.4, 0.5) is 0 Å². The molecule has 4 rings (SSSR count). The summed E-state index contributed by atoms with van der Waals surface area (Å²) in [6.07, 6.45) is 5.69. The number of thioether (sulfide) groups is 1. The predicted octanol–water partition coefficient (Wildman–Crippen LogP) is 3.03. The molecule has 1 N–H and O–H groups in total. The maximum absolute atomic E-state index is 12.3. The maximum atomic E-state index is 12.3. The SMILES string of the molecule is Cc1ccc(-n2c(SCC(=O)NC[C@H]3CCCO3)nnc2-c2cccnc2)cc1. The van der Waals surface area contributed by atoms with E-state index in [2.05, 4.69) is 20.5 Å². The van der Waals surface area contributed by atoms with Gasteiger partial charge in [0.25, 0.3) is 0 Å². The molecule has 7 nitrogen and oxygen atoms in total. The molecule has 150 valence electrons. The number of nitrogens with zero attached hydrogens (tertiary/aromatic N) is 4. The van der Waals surface area contributed by atoms with Crippen molar-refractivity contribution in [2.75, 3.05) is 18.9 Å². The normalized spacial score (nSPS) is 16.1. The van der Waals surface area contributed by atoms with E-state index in [1.54, 1.807) is 12.4 Å². The molecule has 3 aromatic rings. The van der Waals surface area contributed by atoms with Gasteiger partial charge in [0.2, 0.25) is 5.91 Å². The first-order chi connectivity index (χ1) is 14.2. The number of benzene rings is 1. The van der Waals surface area contributed by atoms with Crippen LogP contribution in [0.15, 0.2) is 53.9 Å². The number of carbonyl (C=O) groups excluding carboxylic acids is 1. The van der Waals surface area contributed by atoms with Gasteiger partial charge in [-0.1, -0.05) is 29.5 Å². The van der Waals surface area contributed by atoms with E-state index in [4.69, 9.17) is 4.74 Å². The van der Waals surface area contributed by atoms with Crippen LogP contribution in [-0.2, 0) is 9.53 Å². The second-order valence-electron chi connectivity index (χ2n) is 6.95. The Bertz CT molecular complexity index is 953. The molecule has 1 aromatic carbocycles. The standard InChI is InChI=1S/C21H23N5O2S/c1-15-6-8-17(9-7-15)26-20(16-4-2-10-22-12-16)24-25-21(26)29-14-19(27)23-13-18-5-3-11-28-18/h2,4,6-10,12,18H,3,5,11,13-14H2,1H3,(H,23,27)/t18-/m1/s1. The average molecular weight is 410 g/mol. The lowest BCUT2D eigenvalue weighted by molar-refractivity contribution is -0.119. The van der Waals surface area contributed by atoms with Crippen molar-refractivity contribution in [3.05, 3.63) is 54.4 Å². The van der Waals surface area contributed by atoms with Crippen molar-refractivity contribution in [1.29, 1.82) is 0 Å². The van der Waals surface area contributed by atoms with Crippen LogP contribution in [0.25, 0.3) is 17.1 Å². The summed E-state index contributed by atoms with van der Waals surface area (Å²) in [5, 5.41) is 12.3. The van der Waals surface area contributed by atoms with Gasteiger partial charge in [0.05, 0.1) is 11.9 Å². The molecule has 3 heterocycles. The topological polar surface area (TPSA) is 81.9 Å². The molecule has 0 spiro atoms. The van der Waals surface area contributed by atoms with Crippen LogP contribution in [0.1, 0.15) is 18.4 Å². The smallest absolute Gasteiger partial charge is 0.230 e. The summed E-state index contributed by atoms with van der Waals surface area (Å²) in [6.45, 7) is 3.39. The fourth-order valence-corrected chi connectivity index (χ4v) is 3.97. The zero-order valence-electron chi connectivity index (χ0n) is 16.2. The zero-order valence-corrected chi connectivity index (χ0v) is 17.1. The minimum Gasteiger partial charge on any atom is -0.376 e. The first-order valence-electron chi connectivity index (χ1n) is 9.64. The van der Waals surface area contributed by atoms with Crippen molar-refractivity contribution in [2.24, 2.45) is 0 Å². The van der Waals surface area contributed by atoms with Crippen LogP contribution in [0, 0.1) is 6.92 Å². The number of aromatic nitrogens is 4. The average Bonchev–Trinajstić information content (AvgIpc) is 3.42. The van der Waals surface area contributed by atoms with Gasteiger partial charge in [0.15, 0.2) is 11.0 Å². The lowest BCUT2D eigenvalue weighted by Gasteiger charge is -2.12. The third-order valence-corrected chi connectivity index (χ3v) is 5.66. The van der Waals surface area contributed by atoms with Gasteiger partial charge in [-0.2, -0.15) is 0 Å². The molecule has 0 aliphatic carbocycles. The minimum atomic E-state index is -0.0353. The number of rotatable bonds is 7. The highest BCUT2D eigenvalue weighted by Crippen LogP contribution is 2.27. The molecule has 0 saturated carbocycles. The fourth-order valence-electron chi connectivity index (χ4n) is 3.19. The first kappa shape index (κ1) is 19.6. The lowest BCUT2D eigenvalue weighted by Crippen LogP contribution is -2.32. The van der Waals surface area contributed by atoms with Gasteiger partial charge in [-0.3, -0.25) is 14.3 Å². The monoisotopic (exact) mass is 409 g/mol. The highest BCUT2D eigenvalue weighted by Gasteiger charge is 2.19. The van der Waals surface area contributed by atoms with Crippen LogP contribution < -0.4 is 5.32 Å². The van der Waals surface area contributed by atoms with E-state index in [-0.39, 0.29) is 17.8 Å². The molecule has 8 heteroatoms. The second-order valence-corrected chi connectivity index (χ2v) is 7.89. The first-order valence-corrected chi connectivity index (χ1v) is 10.6. The van der Waals surface area contributed by atoms with Crippen LogP contribution in [0.2, 0.25) is 0 Å².